The molecule has 1 aromatic heterocycles. The number of ether oxygens (including phenoxy) is 2. The highest BCUT2D eigenvalue weighted by Crippen LogP contribution is 2.69. The zero-order valence-electron chi connectivity index (χ0n) is 18.7. The van der Waals surface area contributed by atoms with Gasteiger partial charge in [0.05, 0.1) is 37.8 Å². The molecule has 0 unspecified atom stereocenters. The Balaban J connectivity index is 1.80. The quantitative estimate of drug-likeness (QED) is 0.351. The van der Waals surface area contributed by atoms with Crippen molar-refractivity contribution in [2.24, 2.45) is 5.92 Å². The molecule has 7 nitrogen and oxygen atoms in total. The summed E-state index contributed by atoms with van der Waals surface area (Å²) >= 11 is 3.50. The molecule has 5 atom stereocenters. The first-order valence-electron chi connectivity index (χ1n) is 11.2. The minimum atomic E-state index is -1.82. The molecule has 3 aromatic rings. The molecule has 0 bridgehead atoms. The predicted molar refractivity (Wildman–Crippen MR) is 130 cm³/mol. The first-order chi connectivity index (χ1) is 16.5. The molecular weight excluding hydrogens is 500 g/mol. The average Bonchev–Trinajstić information content (AvgIpc) is 3.23. The van der Waals surface area contributed by atoms with Crippen molar-refractivity contribution < 1.29 is 24.8 Å². The largest absolute Gasteiger partial charge is 0.495 e. The molecule has 1 saturated carbocycles. The second-order valence-corrected chi connectivity index (χ2v) is 9.67. The van der Waals surface area contributed by atoms with Crippen molar-refractivity contribution in [2.45, 2.75) is 23.2 Å². The van der Waals surface area contributed by atoms with Crippen LogP contribution in [-0.4, -0.2) is 53.2 Å². The Hall–Kier alpha value is -2.49. The molecular formula is C26H27BrN2O5. The van der Waals surface area contributed by atoms with Crippen LogP contribution in [0.5, 0.6) is 11.5 Å². The standard InChI is InChI=1S/C26H27BrN2O5/c1-33-20-14-29-15-21-23(20)25(32)24(31)19(13-28-11-12-30)22(16-5-3-2-4-6-16)26(25,34-21)17-7-9-18(27)10-8-17/h2-10,14-15,19,22,24,28,30-32H,11-13H2,1H3/t19-,22-,24-,25+,26+/m1/s1. The number of pyridine rings is 1. The topological polar surface area (TPSA) is 104 Å². The van der Waals surface area contributed by atoms with E-state index in [4.69, 9.17) is 9.47 Å². The number of nitrogens with zero attached hydrogens (tertiary/aromatic N) is 1. The zero-order chi connectivity index (χ0) is 23.9. The third-order valence-electron chi connectivity index (χ3n) is 7.11. The monoisotopic (exact) mass is 526 g/mol. The lowest BCUT2D eigenvalue weighted by Crippen LogP contribution is -2.52. The molecule has 178 valence electrons. The number of benzene rings is 2. The van der Waals surface area contributed by atoms with E-state index in [2.05, 4.69) is 26.2 Å². The first-order valence-corrected chi connectivity index (χ1v) is 12.0. The summed E-state index contributed by atoms with van der Waals surface area (Å²) in [5, 5.41) is 37.0. The maximum Gasteiger partial charge on any atom is 0.177 e. The number of aliphatic hydroxyl groups is 3. The Kier molecular flexibility index (Phi) is 6.12. The van der Waals surface area contributed by atoms with Gasteiger partial charge in [0.1, 0.15) is 11.5 Å². The van der Waals surface area contributed by atoms with Crippen LogP contribution in [0.15, 0.2) is 71.5 Å². The Morgan fingerprint density at radius 3 is 2.53 bits per heavy atom. The second kappa shape index (κ2) is 8.94. The van der Waals surface area contributed by atoms with Crippen LogP contribution in [0, 0.1) is 5.92 Å². The number of halogens is 1. The van der Waals surface area contributed by atoms with E-state index in [1.165, 1.54) is 13.3 Å². The summed E-state index contributed by atoms with van der Waals surface area (Å²) in [7, 11) is 1.51. The van der Waals surface area contributed by atoms with Gasteiger partial charge in [-0.15, -0.1) is 0 Å². The summed E-state index contributed by atoms with van der Waals surface area (Å²) < 4.78 is 13.2. The lowest BCUT2D eigenvalue weighted by molar-refractivity contribution is -0.152. The van der Waals surface area contributed by atoms with Gasteiger partial charge < -0.3 is 30.1 Å². The third kappa shape index (κ3) is 3.21. The highest BCUT2D eigenvalue weighted by atomic mass is 79.9. The lowest BCUT2D eigenvalue weighted by Gasteiger charge is -2.41. The summed E-state index contributed by atoms with van der Waals surface area (Å²) in [5.41, 5.74) is -1.12. The van der Waals surface area contributed by atoms with Gasteiger partial charge in [-0.3, -0.25) is 4.98 Å². The lowest BCUT2D eigenvalue weighted by atomic mass is 9.70. The van der Waals surface area contributed by atoms with Crippen LogP contribution in [0.4, 0.5) is 0 Å². The molecule has 2 heterocycles. The summed E-state index contributed by atoms with van der Waals surface area (Å²) in [6, 6.07) is 17.4. The van der Waals surface area contributed by atoms with Gasteiger partial charge in [0.15, 0.2) is 11.2 Å². The van der Waals surface area contributed by atoms with Crippen LogP contribution >= 0.6 is 15.9 Å². The molecule has 0 saturated heterocycles. The van der Waals surface area contributed by atoms with E-state index < -0.39 is 29.1 Å². The van der Waals surface area contributed by atoms with Crippen LogP contribution < -0.4 is 14.8 Å². The summed E-state index contributed by atoms with van der Waals surface area (Å²) in [4.78, 5) is 4.24. The normalized spacial score (nSPS) is 29.4. The Labute approximate surface area is 206 Å². The van der Waals surface area contributed by atoms with Gasteiger partial charge in [0, 0.05) is 29.4 Å². The fourth-order valence-electron chi connectivity index (χ4n) is 5.81. The number of aromatic nitrogens is 1. The maximum atomic E-state index is 12.6. The van der Waals surface area contributed by atoms with Crippen molar-refractivity contribution in [3.63, 3.8) is 0 Å². The highest BCUT2D eigenvalue weighted by molar-refractivity contribution is 9.10. The molecule has 8 heteroatoms. The minimum absolute atomic E-state index is 0.0280. The van der Waals surface area contributed by atoms with Crippen molar-refractivity contribution in [1.82, 2.24) is 10.3 Å². The van der Waals surface area contributed by atoms with Crippen LogP contribution in [0.2, 0.25) is 0 Å². The molecule has 0 radical (unpaired) electrons. The van der Waals surface area contributed by atoms with Crippen LogP contribution in [0.25, 0.3) is 0 Å². The fourth-order valence-corrected chi connectivity index (χ4v) is 6.07. The molecule has 2 aromatic carbocycles. The number of aliphatic hydroxyl groups excluding tert-OH is 2. The van der Waals surface area contributed by atoms with Gasteiger partial charge in [-0.1, -0.05) is 58.4 Å². The van der Waals surface area contributed by atoms with Crippen LogP contribution in [0.1, 0.15) is 22.6 Å². The third-order valence-corrected chi connectivity index (χ3v) is 7.64. The van der Waals surface area contributed by atoms with E-state index in [-0.39, 0.29) is 6.61 Å². The van der Waals surface area contributed by atoms with Gasteiger partial charge in [-0.05, 0) is 23.3 Å². The number of nitrogens with one attached hydrogen (secondary N) is 1. The van der Waals surface area contributed by atoms with E-state index in [9.17, 15) is 15.3 Å². The van der Waals surface area contributed by atoms with Crippen LogP contribution in [0.3, 0.4) is 0 Å². The van der Waals surface area contributed by atoms with Gasteiger partial charge in [0.2, 0.25) is 0 Å². The molecule has 0 spiro atoms. The number of hydrogen-bond acceptors (Lipinski definition) is 7. The molecule has 2 aliphatic rings. The Morgan fingerprint density at radius 1 is 1.12 bits per heavy atom. The predicted octanol–water partition coefficient (Wildman–Crippen LogP) is 2.68. The Bertz CT molecular complexity index is 1160. The maximum absolute atomic E-state index is 12.6. The molecule has 0 amide bonds. The second-order valence-electron chi connectivity index (χ2n) is 8.75. The Morgan fingerprint density at radius 2 is 1.85 bits per heavy atom. The van der Waals surface area contributed by atoms with Crippen molar-refractivity contribution in [3.8, 4) is 11.5 Å². The molecule has 1 aliphatic carbocycles. The summed E-state index contributed by atoms with van der Waals surface area (Å²) in [6.45, 7) is 0.715. The van der Waals surface area contributed by atoms with E-state index in [1.807, 2.05) is 54.6 Å². The number of methoxy groups -OCH3 is 1. The van der Waals surface area contributed by atoms with E-state index in [1.54, 1.807) is 6.20 Å². The zero-order valence-corrected chi connectivity index (χ0v) is 20.3. The fraction of sp³-hybridized carbons (Fsp3) is 0.346. The van der Waals surface area contributed by atoms with E-state index >= 15 is 0 Å². The van der Waals surface area contributed by atoms with Gasteiger partial charge in [0.25, 0.3) is 0 Å². The van der Waals surface area contributed by atoms with Crippen LogP contribution in [-0.2, 0) is 11.2 Å². The number of hydrogen-bond donors (Lipinski definition) is 4. The molecule has 5 rings (SSSR count). The smallest absolute Gasteiger partial charge is 0.177 e. The van der Waals surface area contributed by atoms with Gasteiger partial charge >= 0.3 is 0 Å². The van der Waals surface area contributed by atoms with E-state index in [0.717, 1.165) is 15.6 Å². The summed E-state index contributed by atoms with van der Waals surface area (Å²) in [6.07, 6.45) is 1.88. The van der Waals surface area contributed by atoms with Crippen molar-refractivity contribution in [1.29, 1.82) is 0 Å². The van der Waals surface area contributed by atoms with Crippen molar-refractivity contribution in [3.05, 3.63) is 88.2 Å². The van der Waals surface area contributed by atoms with E-state index in [0.29, 0.717) is 30.2 Å². The van der Waals surface area contributed by atoms with Gasteiger partial charge in [-0.25, -0.2) is 0 Å². The molecule has 4 N–H and O–H groups in total. The number of fused-ring (bicyclic) bond motifs is 3. The molecule has 1 fully saturated rings. The number of rotatable bonds is 7. The molecule has 1 aliphatic heterocycles. The summed E-state index contributed by atoms with van der Waals surface area (Å²) in [5.74, 6) is -0.132. The average molecular weight is 527 g/mol. The van der Waals surface area contributed by atoms with Gasteiger partial charge in [-0.2, -0.15) is 0 Å². The highest BCUT2D eigenvalue weighted by Gasteiger charge is 2.76. The SMILES string of the molecule is COc1cncc2c1[C@]1(O)[C@H](O)[C@H](CNCCO)[C@@H](c3ccccc3)[C@]1(c1ccc(Br)cc1)O2. The molecule has 34 heavy (non-hydrogen) atoms. The van der Waals surface area contributed by atoms with Crippen molar-refractivity contribution in [2.75, 3.05) is 26.8 Å². The first kappa shape index (κ1) is 23.3. The minimum Gasteiger partial charge on any atom is -0.495 e. The van der Waals surface area contributed by atoms with Crippen molar-refractivity contribution >= 4 is 15.9 Å².